The maximum absolute atomic E-state index is 12.2. The summed E-state index contributed by atoms with van der Waals surface area (Å²) >= 11 is 1.36. The zero-order valence-corrected chi connectivity index (χ0v) is 13.5. The van der Waals surface area contributed by atoms with Crippen molar-refractivity contribution in [3.63, 3.8) is 0 Å². The number of nitriles is 1. The molecule has 5 nitrogen and oxygen atoms in total. The molecule has 0 saturated carbocycles. The highest BCUT2D eigenvalue weighted by atomic mass is 32.1. The average Bonchev–Trinajstić information content (AvgIpc) is 3.15. The Morgan fingerprint density at radius 3 is 2.67 bits per heavy atom. The maximum Gasteiger partial charge on any atom is 0.187 e. The molecule has 0 radical (unpaired) electrons. The number of nitrogens with zero attached hydrogens (tertiary/aromatic N) is 1. The molecular weight excluding hydrogens is 324 g/mol. The van der Waals surface area contributed by atoms with E-state index < -0.39 is 11.8 Å². The molecule has 1 aromatic heterocycles. The van der Waals surface area contributed by atoms with Crippen molar-refractivity contribution in [2.75, 3.05) is 5.32 Å². The Bertz CT molecular complexity index is 876. The van der Waals surface area contributed by atoms with E-state index in [0.29, 0.717) is 16.1 Å². The van der Waals surface area contributed by atoms with Gasteiger partial charge in [0.15, 0.2) is 5.78 Å². The number of carboxylic acids is 1. The number of aliphatic carboxylic acids is 1. The number of allylic oxidation sites excluding steroid dienone is 1. The van der Waals surface area contributed by atoms with Crippen LogP contribution < -0.4 is 10.4 Å². The lowest BCUT2D eigenvalue weighted by atomic mass is 10.1. The fourth-order valence-electron chi connectivity index (χ4n) is 2.70. The number of rotatable bonds is 5. The van der Waals surface area contributed by atoms with Gasteiger partial charge in [-0.3, -0.25) is 4.79 Å². The highest BCUT2D eigenvalue weighted by molar-refractivity contribution is 7.16. The Kier molecular flexibility index (Phi) is 4.45. The van der Waals surface area contributed by atoms with Crippen molar-refractivity contribution in [2.45, 2.75) is 19.3 Å². The van der Waals surface area contributed by atoms with Crippen LogP contribution in [0.5, 0.6) is 0 Å². The van der Waals surface area contributed by atoms with E-state index >= 15 is 0 Å². The minimum absolute atomic E-state index is 0.347. The Labute approximate surface area is 142 Å². The van der Waals surface area contributed by atoms with Gasteiger partial charge in [-0.05, 0) is 24.8 Å². The van der Waals surface area contributed by atoms with Gasteiger partial charge in [0, 0.05) is 16.5 Å². The molecule has 0 aliphatic heterocycles. The summed E-state index contributed by atoms with van der Waals surface area (Å²) in [6.45, 7) is 0. The van der Waals surface area contributed by atoms with Crippen LogP contribution in [0, 0.1) is 11.3 Å². The van der Waals surface area contributed by atoms with E-state index in [0.717, 1.165) is 35.8 Å². The number of aryl methyl sites for hydroxylation is 1. The number of carboxylic acid groups (broad SMARTS) is 1. The summed E-state index contributed by atoms with van der Waals surface area (Å²) < 4.78 is 0. The molecule has 3 rings (SSSR count). The van der Waals surface area contributed by atoms with E-state index in [1.165, 1.54) is 11.3 Å². The third kappa shape index (κ3) is 3.07. The molecule has 1 aliphatic carbocycles. The number of nitrogens with one attached hydrogen (secondary N) is 1. The number of benzene rings is 1. The lowest BCUT2D eigenvalue weighted by molar-refractivity contribution is -0.299. The summed E-state index contributed by atoms with van der Waals surface area (Å²) in [5.74, 6) is -1.93. The van der Waals surface area contributed by atoms with Gasteiger partial charge in [0.05, 0.1) is 17.2 Å². The van der Waals surface area contributed by atoms with Crippen molar-refractivity contribution in [1.82, 2.24) is 0 Å². The zero-order chi connectivity index (χ0) is 17.1. The Hall–Kier alpha value is -2.91. The molecule has 2 aromatic rings. The van der Waals surface area contributed by atoms with Gasteiger partial charge in [-0.15, -0.1) is 11.3 Å². The van der Waals surface area contributed by atoms with Crippen molar-refractivity contribution < 1.29 is 14.7 Å². The largest absolute Gasteiger partial charge is 0.543 e. The predicted molar refractivity (Wildman–Crippen MR) is 88.5 cm³/mol. The van der Waals surface area contributed by atoms with Crippen LogP contribution in [0.25, 0.3) is 0 Å². The van der Waals surface area contributed by atoms with Crippen LogP contribution in [0.15, 0.2) is 42.1 Å². The fraction of sp³-hybridized carbons (Fsp3) is 0.167. The van der Waals surface area contributed by atoms with E-state index in [2.05, 4.69) is 11.4 Å². The fourth-order valence-corrected chi connectivity index (χ4v) is 3.95. The van der Waals surface area contributed by atoms with Crippen molar-refractivity contribution in [3.8, 4) is 6.07 Å². The van der Waals surface area contributed by atoms with Crippen molar-refractivity contribution >= 4 is 28.1 Å². The maximum atomic E-state index is 12.2. The molecule has 0 saturated heterocycles. The van der Waals surface area contributed by atoms with Gasteiger partial charge >= 0.3 is 0 Å². The van der Waals surface area contributed by atoms with Gasteiger partial charge in [-0.25, -0.2) is 0 Å². The topological polar surface area (TPSA) is 93.0 Å². The van der Waals surface area contributed by atoms with Gasteiger partial charge in [0.25, 0.3) is 0 Å². The SMILES string of the molecule is N#Cc1c(NC(=CC(=O)c2ccccc2)C(=O)[O-])sc2c1CCC2. The minimum Gasteiger partial charge on any atom is -0.543 e. The average molecular weight is 337 g/mol. The second kappa shape index (κ2) is 6.69. The molecule has 0 atom stereocenters. The van der Waals surface area contributed by atoms with Gasteiger partial charge < -0.3 is 15.2 Å². The van der Waals surface area contributed by atoms with Gasteiger partial charge in [0.2, 0.25) is 0 Å². The molecule has 0 unspecified atom stereocenters. The molecular formula is C18H13N2O3S-. The number of carbonyl (C=O) groups is 2. The molecule has 0 bridgehead atoms. The summed E-state index contributed by atoms with van der Waals surface area (Å²) in [6, 6.07) is 10.5. The number of carbonyl (C=O) groups excluding carboxylic acids is 2. The molecule has 1 aliphatic rings. The first-order chi connectivity index (χ1) is 11.6. The van der Waals surface area contributed by atoms with E-state index in [9.17, 15) is 20.0 Å². The number of hydrogen-bond acceptors (Lipinski definition) is 6. The number of anilines is 1. The quantitative estimate of drug-likeness (QED) is 0.666. The highest BCUT2D eigenvalue weighted by Gasteiger charge is 2.22. The standard InChI is InChI=1S/C18H14N2O3S/c19-10-13-12-7-4-8-16(12)24-17(13)20-14(18(22)23)9-15(21)11-5-2-1-3-6-11/h1-3,5-6,9,20H,4,7-8H2,(H,22,23)/p-1. The first-order valence-electron chi connectivity index (χ1n) is 7.44. The van der Waals surface area contributed by atoms with Crippen LogP contribution >= 0.6 is 11.3 Å². The number of ketones is 1. The smallest absolute Gasteiger partial charge is 0.187 e. The molecule has 1 N–H and O–H groups in total. The van der Waals surface area contributed by atoms with E-state index in [4.69, 9.17) is 0 Å². The third-order valence-electron chi connectivity index (χ3n) is 3.83. The number of hydrogen-bond donors (Lipinski definition) is 1. The molecule has 0 spiro atoms. The van der Waals surface area contributed by atoms with Crippen molar-refractivity contribution in [2.24, 2.45) is 0 Å². The summed E-state index contributed by atoms with van der Waals surface area (Å²) in [6.07, 6.45) is 3.72. The van der Waals surface area contributed by atoms with Crippen molar-refractivity contribution in [3.05, 3.63) is 63.7 Å². The normalized spacial score (nSPS) is 13.2. The van der Waals surface area contributed by atoms with Gasteiger partial charge in [-0.1, -0.05) is 30.3 Å². The number of fused-ring (bicyclic) bond motifs is 1. The van der Waals surface area contributed by atoms with Crippen LogP contribution in [0.1, 0.15) is 32.8 Å². The van der Waals surface area contributed by atoms with E-state index in [-0.39, 0.29) is 5.70 Å². The van der Waals surface area contributed by atoms with Crippen molar-refractivity contribution in [1.29, 1.82) is 5.26 Å². The van der Waals surface area contributed by atoms with Crippen LogP contribution in [0.3, 0.4) is 0 Å². The Morgan fingerprint density at radius 2 is 2.00 bits per heavy atom. The molecule has 1 heterocycles. The monoisotopic (exact) mass is 337 g/mol. The first-order valence-corrected chi connectivity index (χ1v) is 8.26. The summed E-state index contributed by atoms with van der Waals surface area (Å²) in [5.41, 5.74) is 1.48. The molecule has 0 amide bonds. The Balaban J connectivity index is 1.91. The minimum atomic E-state index is -1.49. The predicted octanol–water partition coefficient (Wildman–Crippen LogP) is 2.04. The summed E-state index contributed by atoms with van der Waals surface area (Å²) in [7, 11) is 0. The summed E-state index contributed by atoms with van der Waals surface area (Å²) in [4.78, 5) is 24.6. The lowest BCUT2D eigenvalue weighted by Crippen LogP contribution is -2.29. The van der Waals surface area contributed by atoms with Crippen LogP contribution in [-0.2, 0) is 17.6 Å². The lowest BCUT2D eigenvalue weighted by Gasteiger charge is -2.11. The second-order valence-electron chi connectivity index (χ2n) is 5.37. The molecule has 0 fully saturated rings. The summed E-state index contributed by atoms with van der Waals surface area (Å²) in [5, 5.41) is 23.9. The molecule has 120 valence electrons. The third-order valence-corrected chi connectivity index (χ3v) is 5.04. The van der Waals surface area contributed by atoms with Crippen LogP contribution in [-0.4, -0.2) is 11.8 Å². The molecule has 6 heteroatoms. The highest BCUT2D eigenvalue weighted by Crippen LogP contribution is 2.39. The zero-order valence-electron chi connectivity index (χ0n) is 12.7. The second-order valence-corrected chi connectivity index (χ2v) is 6.48. The van der Waals surface area contributed by atoms with Gasteiger partial charge in [0.1, 0.15) is 11.1 Å². The number of thiophene rings is 1. The Morgan fingerprint density at radius 1 is 1.25 bits per heavy atom. The molecule has 24 heavy (non-hydrogen) atoms. The first kappa shape index (κ1) is 16.0. The van der Waals surface area contributed by atoms with E-state index in [1.54, 1.807) is 30.3 Å². The van der Waals surface area contributed by atoms with E-state index in [1.807, 2.05) is 0 Å². The molecule has 1 aromatic carbocycles. The van der Waals surface area contributed by atoms with Crippen LogP contribution in [0.2, 0.25) is 0 Å². The van der Waals surface area contributed by atoms with Crippen LogP contribution in [0.4, 0.5) is 5.00 Å². The van der Waals surface area contributed by atoms with Gasteiger partial charge in [-0.2, -0.15) is 5.26 Å².